The average molecular weight is 239 g/mol. The summed E-state index contributed by atoms with van der Waals surface area (Å²) in [5.41, 5.74) is 2.47. The first-order chi connectivity index (χ1) is 8.92. The van der Waals surface area contributed by atoms with Gasteiger partial charge in [0, 0.05) is 49.5 Å². The van der Waals surface area contributed by atoms with E-state index in [0.717, 1.165) is 12.1 Å². The maximum atomic E-state index is 4.46. The molecule has 2 aliphatic rings. The zero-order valence-electron chi connectivity index (χ0n) is 10.4. The molecule has 0 N–H and O–H groups in total. The van der Waals surface area contributed by atoms with Crippen molar-refractivity contribution >= 4 is 16.6 Å². The number of rotatable bonds is 1. The van der Waals surface area contributed by atoms with E-state index in [1.54, 1.807) is 0 Å². The first-order valence-electron chi connectivity index (χ1n) is 6.74. The van der Waals surface area contributed by atoms with Gasteiger partial charge in [-0.1, -0.05) is 6.07 Å². The maximum Gasteiger partial charge on any atom is 0.0722 e. The van der Waals surface area contributed by atoms with Crippen LogP contribution in [-0.4, -0.2) is 42.1 Å². The van der Waals surface area contributed by atoms with E-state index in [9.17, 15) is 0 Å². The lowest BCUT2D eigenvalue weighted by Crippen LogP contribution is -2.46. The molecule has 0 amide bonds. The van der Waals surface area contributed by atoms with Crippen LogP contribution in [0, 0.1) is 0 Å². The van der Waals surface area contributed by atoms with Gasteiger partial charge in [0.25, 0.3) is 0 Å². The summed E-state index contributed by atoms with van der Waals surface area (Å²) < 4.78 is 0. The van der Waals surface area contributed by atoms with Crippen molar-refractivity contribution in [1.29, 1.82) is 0 Å². The number of anilines is 1. The quantitative estimate of drug-likeness (QED) is 0.760. The molecule has 0 radical (unpaired) electrons. The van der Waals surface area contributed by atoms with Crippen LogP contribution in [0.25, 0.3) is 10.9 Å². The number of hydrogen-bond acceptors (Lipinski definition) is 3. The van der Waals surface area contributed by atoms with E-state index in [1.807, 2.05) is 12.3 Å². The standard InChI is InChI=1S/C15H17N3/c1-4-14-13(3-2-7-16-14)15(5-1)18-10-9-17-8-6-12(18)11-17/h1-5,7,12H,6,8-11H2. The molecule has 18 heavy (non-hydrogen) atoms. The summed E-state index contributed by atoms with van der Waals surface area (Å²) >= 11 is 0. The Kier molecular flexibility index (Phi) is 2.27. The van der Waals surface area contributed by atoms with E-state index in [4.69, 9.17) is 0 Å². The summed E-state index contributed by atoms with van der Waals surface area (Å²) in [6.07, 6.45) is 3.18. The summed E-state index contributed by atoms with van der Waals surface area (Å²) in [6, 6.07) is 11.4. The van der Waals surface area contributed by atoms with Crippen LogP contribution in [0.1, 0.15) is 6.42 Å². The fourth-order valence-electron chi connectivity index (χ4n) is 3.36. The molecule has 4 rings (SSSR count). The Morgan fingerprint density at radius 2 is 2.06 bits per heavy atom. The van der Waals surface area contributed by atoms with Crippen molar-refractivity contribution in [3.63, 3.8) is 0 Å². The molecule has 2 aliphatic heterocycles. The molecule has 2 unspecified atom stereocenters. The van der Waals surface area contributed by atoms with Crippen LogP contribution in [0.15, 0.2) is 36.5 Å². The predicted octanol–water partition coefficient (Wildman–Crippen LogP) is 2.13. The second-order valence-corrected chi connectivity index (χ2v) is 5.28. The Labute approximate surface area is 107 Å². The van der Waals surface area contributed by atoms with Crippen molar-refractivity contribution in [2.75, 3.05) is 31.1 Å². The molecule has 0 aliphatic carbocycles. The molecule has 92 valence electrons. The minimum Gasteiger partial charge on any atom is -0.365 e. The Morgan fingerprint density at radius 1 is 1.06 bits per heavy atom. The van der Waals surface area contributed by atoms with Gasteiger partial charge < -0.3 is 4.90 Å². The van der Waals surface area contributed by atoms with Crippen molar-refractivity contribution in [1.82, 2.24) is 9.88 Å². The molecule has 2 atom stereocenters. The monoisotopic (exact) mass is 239 g/mol. The van der Waals surface area contributed by atoms with Crippen LogP contribution in [0.4, 0.5) is 5.69 Å². The van der Waals surface area contributed by atoms with Gasteiger partial charge in [-0.15, -0.1) is 0 Å². The molecule has 0 spiro atoms. The number of pyridine rings is 1. The zero-order valence-corrected chi connectivity index (χ0v) is 10.4. The summed E-state index contributed by atoms with van der Waals surface area (Å²) in [4.78, 5) is 9.63. The molecular formula is C15H17N3. The van der Waals surface area contributed by atoms with Gasteiger partial charge in [0.1, 0.15) is 0 Å². The smallest absolute Gasteiger partial charge is 0.0722 e. The molecule has 3 nitrogen and oxygen atoms in total. The minimum absolute atomic E-state index is 0.699. The third-order valence-electron chi connectivity index (χ3n) is 4.28. The van der Waals surface area contributed by atoms with E-state index in [2.05, 4.69) is 39.0 Å². The maximum absolute atomic E-state index is 4.46. The van der Waals surface area contributed by atoms with Gasteiger partial charge in [0.15, 0.2) is 0 Å². The molecule has 2 fully saturated rings. The highest BCUT2D eigenvalue weighted by Gasteiger charge is 2.32. The van der Waals surface area contributed by atoms with Crippen molar-refractivity contribution < 1.29 is 0 Å². The third-order valence-corrected chi connectivity index (χ3v) is 4.28. The fraction of sp³-hybridized carbons (Fsp3) is 0.400. The van der Waals surface area contributed by atoms with Crippen molar-refractivity contribution in [2.24, 2.45) is 0 Å². The SMILES string of the molecule is c1cc(N2CCN3CCC2C3)c2cccnc2c1. The number of nitrogens with zero attached hydrogens (tertiary/aromatic N) is 3. The number of piperazine rings is 1. The van der Waals surface area contributed by atoms with Crippen molar-refractivity contribution in [3.05, 3.63) is 36.5 Å². The minimum atomic E-state index is 0.699. The van der Waals surface area contributed by atoms with Gasteiger partial charge in [-0.3, -0.25) is 9.88 Å². The van der Waals surface area contributed by atoms with Crippen LogP contribution in [-0.2, 0) is 0 Å². The van der Waals surface area contributed by atoms with Gasteiger partial charge >= 0.3 is 0 Å². The molecule has 1 aromatic heterocycles. The van der Waals surface area contributed by atoms with Gasteiger partial charge in [-0.25, -0.2) is 0 Å². The number of hydrogen-bond donors (Lipinski definition) is 0. The number of aromatic nitrogens is 1. The third kappa shape index (κ3) is 1.51. The molecule has 2 aromatic rings. The first kappa shape index (κ1) is 10.3. The van der Waals surface area contributed by atoms with E-state index < -0.39 is 0 Å². The molecule has 0 saturated carbocycles. The topological polar surface area (TPSA) is 19.4 Å². The molecular weight excluding hydrogens is 222 g/mol. The first-order valence-corrected chi connectivity index (χ1v) is 6.74. The Bertz CT molecular complexity index is 575. The number of fused-ring (bicyclic) bond motifs is 3. The van der Waals surface area contributed by atoms with E-state index in [1.165, 1.54) is 37.1 Å². The van der Waals surface area contributed by atoms with Gasteiger partial charge in [-0.05, 0) is 30.7 Å². The van der Waals surface area contributed by atoms with Crippen molar-refractivity contribution in [3.8, 4) is 0 Å². The van der Waals surface area contributed by atoms with E-state index >= 15 is 0 Å². The van der Waals surface area contributed by atoms with Gasteiger partial charge in [0.05, 0.1) is 5.52 Å². The lowest BCUT2D eigenvalue weighted by Gasteiger charge is -2.36. The second-order valence-electron chi connectivity index (χ2n) is 5.28. The highest BCUT2D eigenvalue weighted by Crippen LogP contribution is 2.31. The Balaban J connectivity index is 1.82. The molecule has 2 bridgehead atoms. The summed E-state index contributed by atoms with van der Waals surface area (Å²) in [6.45, 7) is 4.85. The summed E-state index contributed by atoms with van der Waals surface area (Å²) in [7, 11) is 0. The molecule has 1 aromatic carbocycles. The highest BCUT2D eigenvalue weighted by atomic mass is 15.3. The molecule has 2 saturated heterocycles. The molecule has 3 heteroatoms. The lowest BCUT2D eigenvalue weighted by atomic mass is 10.1. The normalized spacial score (nSPS) is 26.8. The Hall–Kier alpha value is -1.61. The predicted molar refractivity (Wildman–Crippen MR) is 73.9 cm³/mol. The largest absolute Gasteiger partial charge is 0.365 e. The highest BCUT2D eigenvalue weighted by molar-refractivity contribution is 5.91. The molecule has 3 heterocycles. The fourth-order valence-corrected chi connectivity index (χ4v) is 3.36. The number of benzene rings is 1. The van der Waals surface area contributed by atoms with Gasteiger partial charge in [0.2, 0.25) is 0 Å². The average Bonchev–Trinajstić information content (AvgIpc) is 2.81. The van der Waals surface area contributed by atoms with Crippen LogP contribution in [0.3, 0.4) is 0 Å². The van der Waals surface area contributed by atoms with Gasteiger partial charge in [-0.2, -0.15) is 0 Å². The van der Waals surface area contributed by atoms with Crippen molar-refractivity contribution in [2.45, 2.75) is 12.5 Å². The van der Waals surface area contributed by atoms with E-state index in [0.29, 0.717) is 6.04 Å². The summed E-state index contributed by atoms with van der Waals surface area (Å²) in [5, 5.41) is 1.29. The zero-order chi connectivity index (χ0) is 11.9. The Morgan fingerprint density at radius 3 is 3.06 bits per heavy atom. The van der Waals surface area contributed by atoms with E-state index in [-0.39, 0.29) is 0 Å². The van der Waals surface area contributed by atoms with Crippen LogP contribution in [0.5, 0.6) is 0 Å². The second kappa shape index (κ2) is 3.95. The van der Waals surface area contributed by atoms with Crippen LogP contribution in [0.2, 0.25) is 0 Å². The summed E-state index contributed by atoms with van der Waals surface area (Å²) in [5.74, 6) is 0. The lowest BCUT2D eigenvalue weighted by molar-refractivity contribution is 0.311. The van der Waals surface area contributed by atoms with Crippen LogP contribution < -0.4 is 4.90 Å². The van der Waals surface area contributed by atoms with Crippen LogP contribution >= 0.6 is 0 Å².